The van der Waals surface area contributed by atoms with Crippen LogP contribution in [0.1, 0.15) is 19.0 Å². The van der Waals surface area contributed by atoms with Gasteiger partial charge in [-0.25, -0.2) is 4.98 Å². The fourth-order valence-corrected chi connectivity index (χ4v) is 1.46. The molecular formula is C10H10ClN3. The number of pyridine rings is 1. The Balaban J connectivity index is 2.15. The van der Waals surface area contributed by atoms with Gasteiger partial charge >= 0.3 is 0 Å². The molecule has 1 aliphatic rings. The predicted octanol–water partition coefficient (Wildman–Crippen LogP) is 2.43. The molecule has 2 rings (SSSR count). The molecule has 1 aliphatic carbocycles. The average Bonchev–Trinajstić information content (AvgIpc) is 2.85. The number of anilines is 1. The van der Waals surface area contributed by atoms with Crippen molar-refractivity contribution in [1.29, 1.82) is 5.26 Å². The molecule has 1 heterocycles. The first-order chi connectivity index (χ1) is 6.70. The zero-order valence-electron chi connectivity index (χ0n) is 7.79. The summed E-state index contributed by atoms with van der Waals surface area (Å²) in [6.07, 6.45) is 1.17. The number of nitrogens with one attached hydrogen (secondary N) is 1. The molecule has 4 heteroatoms. The highest BCUT2D eigenvalue weighted by Crippen LogP contribution is 2.32. The van der Waals surface area contributed by atoms with Gasteiger partial charge in [-0.05, 0) is 24.5 Å². The van der Waals surface area contributed by atoms with Crippen molar-refractivity contribution in [2.75, 3.05) is 5.32 Å². The molecule has 0 amide bonds. The lowest BCUT2D eigenvalue weighted by molar-refractivity contribution is 0.923. The summed E-state index contributed by atoms with van der Waals surface area (Å²) >= 11 is 5.76. The van der Waals surface area contributed by atoms with Crippen molar-refractivity contribution in [2.45, 2.75) is 19.4 Å². The fourth-order valence-electron chi connectivity index (χ4n) is 1.31. The van der Waals surface area contributed by atoms with Gasteiger partial charge in [0.2, 0.25) is 0 Å². The zero-order chi connectivity index (χ0) is 10.1. The van der Waals surface area contributed by atoms with Crippen LogP contribution >= 0.6 is 11.6 Å². The molecule has 0 saturated heterocycles. The summed E-state index contributed by atoms with van der Waals surface area (Å²) in [5.74, 6) is 1.44. The normalized spacial score (nSPS) is 24.1. The van der Waals surface area contributed by atoms with Crippen LogP contribution in [0.2, 0.25) is 5.02 Å². The molecule has 0 spiro atoms. The van der Waals surface area contributed by atoms with E-state index in [-0.39, 0.29) is 5.69 Å². The molecule has 3 nitrogen and oxygen atoms in total. The standard InChI is InChI=1S/C10H10ClN3/c1-6-4-8(6)13-10-3-2-7(11)9(5-12)14-10/h2-3,6,8H,4H2,1H3,(H,13,14)/t6-,8-/m1/s1. The molecule has 0 unspecified atom stereocenters. The minimum Gasteiger partial charge on any atom is -0.367 e. The van der Waals surface area contributed by atoms with E-state index in [1.807, 2.05) is 6.07 Å². The number of nitrogens with zero attached hydrogens (tertiary/aromatic N) is 2. The van der Waals surface area contributed by atoms with E-state index in [0.29, 0.717) is 17.0 Å². The van der Waals surface area contributed by atoms with Crippen molar-refractivity contribution in [3.05, 3.63) is 22.8 Å². The molecule has 1 aromatic rings. The second-order valence-electron chi connectivity index (χ2n) is 3.60. The number of rotatable bonds is 2. The molecule has 0 bridgehead atoms. The third kappa shape index (κ3) is 1.80. The van der Waals surface area contributed by atoms with E-state index < -0.39 is 0 Å². The van der Waals surface area contributed by atoms with Crippen LogP contribution in [-0.4, -0.2) is 11.0 Å². The maximum absolute atomic E-state index is 8.72. The highest BCUT2D eigenvalue weighted by molar-refractivity contribution is 6.31. The van der Waals surface area contributed by atoms with Crippen molar-refractivity contribution in [2.24, 2.45) is 5.92 Å². The maximum atomic E-state index is 8.72. The molecule has 1 aromatic heterocycles. The third-order valence-electron chi connectivity index (χ3n) is 2.39. The van der Waals surface area contributed by atoms with Gasteiger partial charge in [-0.15, -0.1) is 0 Å². The summed E-state index contributed by atoms with van der Waals surface area (Å²) in [4.78, 5) is 4.10. The van der Waals surface area contributed by atoms with Crippen LogP contribution in [0.25, 0.3) is 0 Å². The van der Waals surface area contributed by atoms with Crippen LogP contribution in [0, 0.1) is 17.2 Å². The summed E-state index contributed by atoms with van der Waals surface area (Å²) < 4.78 is 0. The van der Waals surface area contributed by atoms with E-state index in [0.717, 1.165) is 5.82 Å². The fraction of sp³-hybridized carbons (Fsp3) is 0.400. The summed E-state index contributed by atoms with van der Waals surface area (Å²) in [5, 5.41) is 12.4. The summed E-state index contributed by atoms with van der Waals surface area (Å²) in [6.45, 7) is 2.18. The molecule has 0 radical (unpaired) electrons. The lowest BCUT2D eigenvalue weighted by atomic mass is 10.3. The minimum atomic E-state index is 0.282. The molecule has 0 aliphatic heterocycles. The van der Waals surface area contributed by atoms with Crippen LogP contribution in [0.15, 0.2) is 12.1 Å². The maximum Gasteiger partial charge on any atom is 0.161 e. The Morgan fingerprint density at radius 1 is 1.64 bits per heavy atom. The summed E-state index contributed by atoms with van der Waals surface area (Å²) in [7, 11) is 0. The number of hydrogen-bond donors (Lipinski definition) is 1. The van der Waals surface area contributed by atoms with Crippen LogP contribution in [-0.2, 0) is 0 Å². The van der Waals surface area contributed by atoms with Crippen molar-refractivity contribution in [1.82, 2.24) is 4.98 Å². The average molecular weight is 208 g/mol. The van der Waals surface area contributed by atoms with E-state index in [1.54, 1.807) is 12.1 Å². The van der Waals surface area contributed by atoms with Crippen LogP contribution in [0.5, 0.6) is 0 Å². The molecule has 1 saturated carbocycles. The Labute approximate surface area is 87.7 Å². The lowest BCUT2D eigenvalue weighted by Gasteiger charge is -2.04. The smallest absolute Gasteiger partial charge is 0.161 e. The molecular weight excluding hydrogens is 198 g/mol. The monoisotopic (exact) mass is 207 g/mol. The second-order valence-corrected chi connectivity index (χ2v) is 4.01. The highest BCUT2D eigenvalue weighted by atomic mass is 35.5. The van der Waals surface area contributed by atoms with Gasteiger partial charge in [-0.3, -0.25) is 0 Å². The topological polar surface area (TPSA) is 48.7 Å². The molecule has 2 atom stereocenters. The largest absolute Gasteiger partial charge is 0.367 e. The first kappa shape index (κ1) is 9.29. The SMILES string of the molecule is C[C@@H]1C[C@H]1Nc1ccc(Cl)c(C#N)n1. The molecule has 72 valence electrons. The van der Waals surface area contributed by atoms with Gasteiger partial charge in [-0.2, -0.15) is 5.26 Å². The number of hydrogen-bond acceptors (Lipinski definition) is 3. The van der Waals surface area contributed by atoms with Gasteiger partial charge in [0.25, 0.3) is 0 Å². The minimum absolute atomic E-state index is 0.282. The van der Waals surface area contributed by atoms with E-state index in [9.17, 15) is 0 Å². The Kier molecular flexibility index (Phi) is 2.30. The summed E-state index contributed by atoms with van der Waals surface area (Å²) in [6, 6.07) is 5.96. The molecule has 1 N–H and O–H groups in total. The molecule has 14 heavy (non-hydrogen) atoms. The number of nitriles is 1. The van der Waals surface area contributed by atoms with Gasteiger partial charge in [0, 0.05) is 6.04 Å². The van der Waals surface area contributed by atoms with Gasteiger partial charge in [0.05, 0.1) is 5.02 Å². The first-order valence-electron chi connectivity index (χ1n) is 4.54. The van der Waals surface area contributed by atoms with Crippen molar-refractivity contribution >= 4 is 17.4 Å². The second kappa shape index (κ2) is 3.47. The summed E-state index contributed by atoms with van der Waals surface area (Å²) in [5.41, 5.74) is 0.282. The van der Waals surface area contributed by atoms with E-state index in [1.165, 1.54) is 6.42 Å². The Morgan fingerprint density at radius 3 is 2.93 bits per heavy atom. The zero-order valence-corrected chi connectivity index (χ0v) is 8.54. The molecule has 0 aromatic carbocycles. The predicted molar refractivity (Wildman–Crippen MR) is 55.2 cm³/mol. The molecule has 1 fully saturated rings. The Bertz CT molecular complexity index is 397. The van der Waals surface area contributed by atoms with Crippen molar-refractivity contribution in [3.8, 4) is 6.07 Å². The van der Waals surface area contributed by atoms with Crippen LogP contribution in [0.4, 0.5) is 5.82 Å². The third-order valence-corrected chi connectivity index (χ3v) is 2.70. The van der Waals surface area contributed by atoms with Crippen molar-refractivity contribution < 1.29 is 0 Å². The number of halogens is 1. The quantitative estimate of drug-likeness (QED) is 0.811. The Hall–Kier alpha value is -1.27. The van der Waals surface area contributed by atoms with Gasteiger partial charge in [0.1, 0.15) is 11.9 Å². The van der Waals surface area contributed by atoms with Crippen LogP contribution in [0.3, 0.4) is 0 Å². The highest BCUT2D eigenvalue weighted by Gasteiger charge is 2.32. The lowest BCUT2D eigenvalue weighted by Crippen LogP contribution is -2.05. The van der Waals surface area contributed by atoms with E-state index >= 15 is 0 Å². The van der Waals surface area contributed by atoms with Gasteiger partial charge in [-0.1, -0.05) is 18.5 Å². The van der Waals surface area contributed by atoms with Crippen molar-refractivity contribution in [3.63, 3.8) is 0 Å². The van der Waals surface area contributed by atoms with E-state index in [4.69, 9.17) is 16.9 Å². The number of aromatic nitrogens is 1. The first-order valence-corrected chi connectivity index (χ1v) is 4.91. The van der Waals surface area contributed by atoms with Gasteiger partial charge < -0.3 is 5.32 Å². The van der Waals surface area contributed by atoms with Crippen LogP contribution < -0.4 is 5.32 Å². The van der Waals surface area contributed by atoms with Gasteiger partial charge in [0.15, 0.2) is 5.69 Å². The van der Waals surface area contributed by atoms with E-state index in [2.05, 4.69) is 17.2 Å². The Morgan fingerprint density at radius 2 is 2.36 bits per heavy atom.